The van der Waals surface area contributed by atoms with Crippen molar-refractivity contribution < 1.29 is 28.6 Å². The third kappa shape index (κ3) is 7.09. The summed E-state index contributed by atoms with van der Waals surface area (Å²) >= 11 is 0. The molecule has 0 aliphatic rings. The monoisotopic (exact) mass is 462 g/mol. The van der Waals surface area contributed by atoms with E-state index in [0.717, 1.165) is 11.1 Å². The quantitative estimate of drug-likeness (QED) is 0.447. The molecule has 2 amide bonds. The SMILES string of the molecule is COc1ccccc1OCC(=O)OCC(=O)Nc1ccccc1C(=O)NCc1ccc(C)cc1. The molecule has 0 heterocycles. The predicted octanol–water partition coefficient (Wildman–Crippen LogP) is 3.49. The topological polar surface area (TPSA) is 103 Å². The highest BCUT2D eigenvalue weighted by Crippen LogP contribution is 2.25. The summed E-state index contributed by atoms with van der Waals surface area (Å²) in [6.45, 7) is 1.44. The van der Waals surface area contributed by atoms with E-state index < -0.39 is 18.5 Å². The van der Waals surface area contributed by atoms with Gasteiger partial charge in [0.15, 0.2) is 24.7 Å². The molecule has 0 saturated carbocycles. The summed E-state index contributed by atoms with van der Waals surface area (Å²) in [4.78, 5) is 36.9. The van der Waals surface area contributed by atoms with Crippen molar-refractivity contribution in [2.75, 3.05) is 25.6 Å². The number of carbonyl (C=O) groups excluding carboxylic acids is 3. The highest BCUT2D eigenvalue weighted by molar-refractivity contribution is 6.04. The molecule has 2 N–H and O–H groups in total. The first-order valence-corrected chi connectivity index (χ1v) is 10.6. The highest BCUT2D eigenvalue weighted by atomic mass is 16.6. The second kappa shape index (κ2) is 12.1. The lowest BCUT2D eigenvalue weighted by Crippen LogP contribution is -2.27. The summed E-state index contributed by atoms with van der Waals surface area (Å²) in [5.74, 6) is -0.768. The van der Waals surface area contributed by atoms with E-state index in [9.17, 15) is 14.4 Å². The molecule has 3 rings (SSSR count). The summed E-state index contributed by atoms with van der Waals surface area (Å²) in [5, 5.41) is 5.44. The molecule has 0 aliphatic heterocycles. The van der Waals surface area contributed by atoms with Gasteiger partial charge < -0.3 is 24.8 Å². The number of hydrogen-bond acceptors (Lipinski definition) is 6. The lowest BCUT2D eigenvalue weighted by atomic mass is 10.1. The van der Waals surface area contributed by atoms with Crippen LogP contribution >= 0.6 is 0 Å². The second-order valence-corrected chi connectivity index (χ2v) is 7.36. The number of hydrogen-bond donors (Lipinski definition) is 2. The summed E-state index contributed by atoms with van der Waals surface area (Å²) in [6.07, 6.45) is 0. The minimum Gasteiger partial charge on any atom is -0.493 e. The van der Waals surface area contributed by atoms with E-state index in [2.05, 4.69) is 10.6 Å². The minimum atomic E-state index is -0.717. The lowest BCUT2D eigenvalue weighted by molar-refractivity contribution is -0.149. The molecule has 0 bridgehead atoms. The Balaban J connectivity index is 1.49. The first kappa shape index (κ1) is 24.3. The number of anilines is 1. The Morgan fingerprint density at radius 1 is 0.824 bits per heavy atom. The standard InChI is InChI=1S/C26H26N2O6/c1-18-11-13-19(14-12-18)15-27-26(31)20-7-3-4-8-21(20)28-24(29)16-34-25(30)17-33-23-10-6-5-9-22(23)32-2/h3-14H,15-17H2,1-2H3,(H,27,31)(H,28,29). The number of methoxy groups -OCH3 is 1. The third-order valence-corrected chi connectivity index (χ3v) is 4.80. The number of amides is 2. The van der Waals surface area contributed by atoms with Crippen LogP contribution in [0.2, 0.25) is 0 Å². The normalized spacial score (nSPS) is 10.2. The number of rotatable bonds is 10. The van der Waals surface area contributed by atoms with Gasteiger partial charge in [-0.2, -0.15) is 0 Å². The Hall–Kier alpha value is -4.33. The van der Waals surface area contributed by atoms with Gasteiger partial charge in [0.1, 0.15) is 0 Å². The summed E-state index contributed by atoms with van der Waals surface area (Å²) in [5.41, 5.74) is 2.71. The van der Waals surface area contributed by atoms with Crippen molar-refractivity contribution in [2.24, 2.45) is 0 Å². The van der Waals surface area contributed by atoms with Crippen molar-refractivity contribution in [3.05, 3.63) is 89.5 Å². The second-order valence-electron chi connectivity index (χ2n) is 7.36. The van der Waals surface area contributed by atoms with Crippen molar-refractivity contribution in [3.8, 4) is 11.5 Å². The van der Waals surface area contributed by atoms with E-state index >= 15 is 0 Å². The van der Waals surface area contributed by atoms with Gasteiger partial charge in [-0.15, -0.1) is 0 Å². The zero-order valence-corrected chi connectivity index (χ0v) is 19.0. The molecule has 0 aromatic heterocycles. The number of para-hydroxylation sites is 3. The number of benzene rings is 3. The minimum absolute atomic E-state index is 0.300. The van der Waals surface area contributed by atoms with E-state index in [1.165, 1.54) is 7.11 Å². The molecule has 0 aliphatic carbocycles. The van der Waals surface area contributed by atoms with Crippen molar-refractivity contribution in [3.63, 3.8) is 0 Å². The number of aryl methyl sites for hydroxylation is 1. The summed E-state index contributed by atoms with van der Waals surface area (Å²) < 4.78 is 15.5. The number of esters is 1. The molecule has 8 nitrogen and oxygen atoms in total. The smallest absolute Gasteiger partial charge is 0.344 e. The van der Waals surface area contributed by atoms with Gasteiger partial charge in [0.25, 0.3) is 11.8 Å². The van der Waals surface area contributed by atoms with Crippen LogP contribution in [0, 0.1) is 6.92 Å². The van der Waals surface area contributed by atoms with Crippen LogP contribution in [-0.2, 0) is 20.9 Å². The van der Waals surface area contributed by atoms with Crippen molar-refractivity contribution in [1.82, 2.24) is 5.32 Å². The van der Waals surface area contributed by atoms with Crippen LogP contribution in [0.4, 0.5) is 5.69 Å². The van der Waals surface area contributed by atoms with Gasteiger partial charge in [0, 0.05) is 6.54 Å². The Labute approximate surface area is 197 Å². The third-order valence-electron chi connectivity index (χ3n) is 4.80. The Kier molecular flexibility index (Phi) is 8.62. The van der Waals surface area contributed by atoms with E-state index in [0.29, 0.717) is 29.3 Å². The Bertz CT molecular complexity index is 1140. The Morgan fingerprint density at radius 3 is 2.24 bits per heavy atom. The highest BCUT2D eigenvalue weighted by Gasteiger charge is 2.15. The van der Waals surface area contributed by atoms with E-state index in [1.54, 1.807) is 48.5 Å². The molecule has 0 saturated heterocycles. The molecular formula is C26H26N2O6. The molecule has 0 spiro atoms. The van der Waals surface area contributed by atoms with Crippen LogP contribution in [0.5, 0.6) is 11.5 Å². The lowest BCUT2D eigenvalue weighted by Gasteiger charge is -2.12. The van der Waals surface area contributed by atoms with Gasteiger partial charge in [0.2, 0.25) is 0 Å². The maximum Gasteiger partial charge on any atom is 0.344 e. The molecule has 34 heavy (non-hydrogen) atoms. The van der Waals surface area contributed by atoms with E-state index in [1.807, 2.05) is 31.2 Å². The van der Waals surface area contributed by atoms with Crippen LogP contribution in [-0.4, -0.2) is 38.1 Å². The average molecular weight is 463 g/mol. The molecule has 176 valence electrons. The number of nitrogens with one attached hydrogen (secondary N) is 2. The number of carbonyl (C=O) groups is 3. The van der Waals surface area contributed by atoms with Crippen LogP contribution in [0.1, 0.15) is 21.5 Å². The Morgan fingerprint density at radius 2 is 1.50 bits per heavy atom. The van der Waals surface area contributed by atoms with Gasteiger partial charge in [-0.25, -0.2) is 4.79 Å². The fourth-order valence-corrected chi connectivity index (χ4v) is 3.02. The first-order chi connectivity index (χ1) is 16.5. The predicted molar refractivity (Wildman–Crippen MR) is 127 cm³/mol. The number of ether oxygens (including phenoxy) is 3. The van der Waals surface area contributed by atoms with Crippen LogP contribution in [0.15, 0.2) is 72.8 Å². The maximum atomic E-state index is 12.7. The maximum absolute atomic E-state index is 12.7. The average Bonchev–Trinajstić information content (AvgIpc) is 2.86. The molecule has 3 aromatic carbocycles. The van der Waals surface area contributed by atoms with Gasteiger partial charge in [-0.05, 0) is 36.8 Å². The van der Waals surface area contributed by atoms with Crippen molar-refractivity contribution >= 4 is 23.5 Å². The molecule has 3 aromatic rings. The van der Waals surface area contributed by atoms with Crippen molar-refractivity contribution in [2.45, 2.75) is 13.5 Å². The largest absolute Gasteiger partial charge is 0.493 e. The zero-order chi connectivity index (χ0) is 24.3. The van der Waals surface area contributed by atoms with Crippen LogP contribution < -0.4 is 20.1 Å². The van der Waals surface area contributed by atoms with Crippen molar-refractivity contribution in [1.29, 1.82) is 0 Å². The van der Waals surface area contributed by atoms with Gasteiger partial charge in [0.05, 0.1) is 18.4 Å². The fourth-order valence-electron chi connectivity index (χ4n) is 3.02. The van der Waals surface area contributed by atoms with Gasteiger partial charge in [-0.3, -0.25) is 9.59 Å². The van der Waals surface area contributed by atoms with Gasteiger partial charge in [-0.1, -0.05) is 54.1 Å². The molecular weight excluding hydrogens is 436 g/mol. The molecule has 0 atom stereocenters. The summed E-state index contributed by atoms with van der Waals surface area (Å²) in [6, 6.07) is 21.3. The summed E-state index contributed by atoms with van der Waals surface area (Å²) in [7, 11) is 1.49. The zero-order valence-electron chi connectivity index (χ0n) is 19.0. The molecule has 0 unspecified atom stereocenters. The molecule has 8 heteroatoms. The van der Waals surface area contributed by atoms with Crippen LogP contribution in [0.25, 0.3) is 0 Å². The van der Waals surface area contributed by atoms with E-state index in [4.69, 9.17) is 14.2 Å². The van der Waals surface area contributed by atoms with E-state index in [-0.39, 0.29) is 12.5 Å². The molecule has 0 fully saturated rings. The van der Waals surface area contributed by atoms with Crippen LogP contribution in [0.3, 0.4) is 0 Å². The first-order valence-electron chi connectivity index (χ1n) is 10.6. The fraction of sp³-hybridized carbons (Fsp3) is 0.192. The molecule has 0 radical (unpaired) electrons. The van der Waals surface area contributed by atoms with Gasteiger partial charge >= 0.3 is 5.97 Å².